The molecule has 1 aromatic carbocycles. The quantitative estimate of drug-likeness (QED) is 0.766. The number of amides is 2. The maximum absolute atomic E-state index is 13.7. The molecule has 3 fully saturated rings. The van der Waals surface area contributed by atoms with E-state index >= 15 is 0 Å². The van der Waals surface area contributed by atoms with Crippen LogP contribution in [0.4, 0.5) is 0 Å². The Labute approximate surface area is 179 Å². The fourth-order valence-electron chi connectivity index (χ4n) is 5.36. The monoisotopic (exact) mass is 425 g/mol. The highest BCUT2D eigenvalue weighted by atomic mass is 16.5. The van der Waals surface area contributed by atoms with Crippen LogP contribution in [0.2, 0.25) is 0 Å². The molecule has 3 heterocycles. The predicted molar refractivity (Wildman–Crippen MR) is 111 cm³/mol. The van der Waals surface area contributed by atoms with Gasteiger partial charge < -0.3 is 15.0 Å². The maximum Gasteiger partial charge on any atom is 0.252 e. The van der Waals surface area contributed by atoms with Crippen molar-refractivity contribution in [3.63, 3.8) is 0 Å². The molecule has 1 aliphatic carbocycles. The van der Waals surface area contributed by atoms with Gasteiger partial charge in [0.05, 0.1) is 11.6 Å². The standard InChI is InChI=1S/C22H27N5O4/c1-12-10-27(19-17(28)11-31-20(12)19)22(30)18(13-5-3-2-4-6-13)23-21(29)14-7-8-15-16(9-14)25-26-24-15/h7-9,12-13,18-20H,2-6,10-11H2,1H3,(H,23,29)(H,24,25,26)/t12-,18-,19+,20+/m0/s1. The Kier molecular flexibility index (Phi) is 5.21. The van der Waals surface area contributed by atoms with E-state index in [-0.39, 0.29) is 42.1 Å². The fourth-order valence-corrected chi connectivity index (χ4v) is 5.36. The first-order valence-electron chi connectivity index (χ1n) is 11.1. The molecule has 1 saturated carbocycles. The van der Waals surface area contributed by atoms with E-state index in [4.69, 9.17) is 4.74 Å². The van der Waals surface area contributed by atoms with Crippen LogP contribution in [-0.4, -0.2) is 69.2 Å². The van der Waals surface area contributed by atoms with Crippen LogP contribution in [0.1, 0.15) is 49.4 Å². The van der Waals surface area contributed by atoms with Gasteiger partial charge in [-0.3, -0.25) is 19.5 Å². The molecule has 164 valence electrons. The number of Topliss-reactive ketones (excluding diaryl/α,β-unsaturated/α-hetero) is 1. The molecule has 2 aliphatic heterocycles. The minimum atomic E-state index is -0.650. The number of ketones is 1. The molecule has 2 N–H and O–H groups in total. The molecule has 2 amide bonds. The van der Waals surface area contributed by atoms with Crippen LogP contribution in [0.15, 0.2) is 18.2 Å². The molecule has 0 spiro atoms. The third-order valence-electron chi connectivity index (χ3n) is 6.98. The lowest BCUT2D eigenvalue weighted by Gasteiger charge is -2.34. The summed E-state index contributed by atoms with van der Waals surface area (Å²) in [6.45, 7) is 2.54. The summed E-state index contributed by atoms with van der Waals surface area (Å²) in [4.78, 5) is 40.9. The number of aromatic amines is 1. The molecule has 0 bridgehead atoms. The number of fused-ring (bicyclic) bond motifs is 2. The summed E-state index contributed by atoms with van der Waals surface area (Å²) in [7, 11) is 0. The van der Waals surface area contributed by atoms with Crippen molar-refractivity contribution in [3.8, 4) is 0 Å². The van der Waals surface area contributed by atoms with Crippen LogP contribution in [0, 0.1) is 11.8 Å². The Balaban J connectivity index is 1.40. The minimum absolute atomic E-state index is 0.0476. The lowest BCUT2D eigenvalue weighted by atomic mass is 9.83. The van der Waals surface area contributed by atoms with Crippen molar-refractivity contribution in [2.45, 2.75) is 57.2 Å². The number of hydrogen-bond donors (Lipinski definition) is 2. The van der Waals surface area contributed by atoms with Crippen molar-refractivity contribution in [3.05, 3.63) is 23.8 Å². The van der Waals surface area contributed by atoms with Gasteiger partial charge in [-0.05, 0) is 37.0 Å². The summed E-state index contributed by atoms with van der Waals surface area (Å²) >= 11 is 0. The smallest absolute Gasteiger partial charge is 0.252 e. The number of rotatable bonds is 4. The van der Waals surface area contributed by atoms with E-state index in [0.717, 1.165) is 32.1 Å². The number of aromatic nitrogens is 3. The summed E-state index contributed by atoms with van der Waals surface area (Å²) in [5.74, 6) is -0.359. The van der Waals surface area contributed by atoms with Gasteiger partial charge in [-0.25, -0.2) is 0 Å². The summed E-state index contributed by atoms with van der Waals surface area (Å²) < 4.78 is 5.64. The van der Waals surface area contributed by atoms with Crippen molar-refractivity contribution < 1.29 is 19.1 Å². The van der Waals surface area contributed by atoms with Gasteiger partial charge in [0, 0.05) is 18.0 Å². The first-order chi connectivity index (χ1) is 15.0. The number of benzene rings is 1. The predicted octanol–water partition coefficient (Wildman–Crippen LogP) is 1.45. The molecule has 9 heteroatoms. The molecular formula is C22H27N5O4. The number of likely N-dealkylation sites (tertiary alicyclic amines) is 1. The number of nitrogens with one attached hydrogen (secondary N) is 2. The molecule has 3 aliphatic rings. The average molecular weight is 425 g/mol. The highest BCUT2D eigenvalue weighted by molar-refractivity contribution is 6.01. The van der Waals surface area contributed by atoms with E-state index in [9.17, 15) is 14.4 Å². The van der Waals surface area contributed by atoms with Crippen molar-refractivity contribution in [1.82, 2.24) is 25.6 Å². The molecule has 0 unspecified atom stereocenters. The van der Waals surface area contributed by atoms with Crippen LogP contribution < -0.4 is 5.32 Å². The second-order valence-electron chi connectivity index (χ2n) is 9.05. The van der Waals surface area contributed by atoms with Gasteiger partial charge in [0.15, 0.2) is 5.78 Å². The third kappa shape index (κ3) is 3.60. The van der Waals surface area contributed by atoms with Crippen molar-refractivity contribution in [2.24, 2.45) is 11.8 Å². The average Bonchev–Trinajstić information content (AvgIpc) is 3.49. The van der Waals surface area contributed by atoms with E-state index in [1.165, 1.54) is 0 Å². The molecule has 2 saturated heterocycles. The first kappa shape index (κ1) is 20.1. The second-order valence-corrected chi connectivity index (χ2v) is 9.05. The van der Waals surface area contributed by atoms with Gasteiger partial charge in [0.1, 0.15) is 24.2 Å². The normalized spacial score (nSPS) is 27.5. The molecule has 5 rings (SSSR count). The lowest BCUT2D eigenvalue weighted by molar-refractivity contribution is -0.139. The Hall–Kier alpha value is -2.81. The zero-order valence-corrected chi connectivity index (χ0v) is 17.5. The van der Waals surface area contributed by atoms with Crippen molar-refractivity contribution in [2.75, 3.05) is 13.2 Å². The summed E-state index contributed by atoms with van der Waals surface area (Å²) in [5, 5.41) is 13.5. The molecular weight excluding hydrogens is 398 g/mol. The van der Waals surface area contributed by atoms with Gasteiger partial charge in [-0.15, -0.1) is 5.10 Å². The minimum Gasteiger partial charge on any atom is -0.367 e. The molecule has 4 atom stereocenters. The lowest BCUT2D eigenvalue weighted by Crippen LogP contribution is -2.55. The molecule has 9 nitrogen and oxygen atoms in total. The number of H-pyrrole nitrogens is 1. The number of carbonyl (C=O) groups is 3. The van der Waals surface area contributed by atoms with Crippen LogP contribution >= 0.6 is 0 Å². The van der Waals surface area contributed by atoms with E-state index in [1.807, 2.05) is 6.92 Å². The Morgan fingerprint density at radius 2 is 2.06 bits per heavy atom. The number of hydrogen-bond acceptors (Lipinski definition) is 6. The van der Waals surface area contributed by atoms with E-state index in [0.29, 0.717) is 23.1 Å². The molecule has 0 radical (unpaired) electrons. The Morgan fingerprint density at radius 3 is 2.87 bits per heavy atom. The van der Waals surface area contributed by atoms with Crippen LogP contribution in [-0.2, 0) is 14.3 Å². The summed E-state index contributed by atoms with van der Waals surface area (Å²) in [6.07, 6.45) is 4.77. The van der Waals surface area contributed by atoms with E-state index in [1.54, 1.807) is 23.1 Å². The van der Waals surface area contributed by atoms with Crippen LogP contribution in [0.25, 0.3) is 11.0 Å². The van der Waals surface area contributed by atoms with Gasteiger partial charge in [-0.2, -0.15) is 0 Å². The molecule has 2 aromatic rings. The number of nitrogens with zero attached hydrogens (tertiary/aromatic N) is 3. The largest absolute Gasteiger partial charge is 0.367 e. The molecule has 31 heavy (non-hydrogen) atoms. The first-order valence-corrected chi connectivity index (χ1v) is 11.1. The Morgan fingerprint density at radius 1 is 1.26 bits per heavy atom. The van der Waals surface area contributed by atoms with Crippen LogP contribution in [0.5, 0.6) is 0 Å². The zero-order chi connectivity index (χ0) is 21.5. The molecule has 1 aromatic heterocycles. The topological polar surface area (TPSA) is 117 Å². The fraction of sp³-hybridized carbons (Fsp3) is 0.591. The zero-order valence-electron chi connectivity index (χ0n) is 17.5. The van der Waals surface area contributed by atoms with Crippen molar-refractivity contribution in [1.29, 1.82) is 0 Å². The highest BCUT2D eigenvalue weighted by Gasteiger charge is 2.52. The third-order valence-corrected chi connectivity index (χ3v) is 6.98. The second kappa shape index (κ2) is 8.03. The van der Waals surface area contributed by atoms with Gasteiger partial charge in [-0.1, -0.05) is 31.4 Å². The number of ether oxygens (including phenoxy) is 1. The van der Waals surface area contributed by atoms with Crippen LogP contribution in [0.3, 0.4) is 0 Å². The van der Waals surface area contributed by atoms with E-state index < -0.39 is 12.1 Å². The highest BCUT2D eigenvalue weighted by Crippen LogP contribution is 2.34. The van der Waals surface area contributed by atoms with Gasteiger partial charge in [0.25, 0.3) is 5.91 Å². The Bertz CT molecular complexity index is 1010. The number of carbonyl (C=O) groups excluding carboxylic acids is 3. The van der Waals surface area contributed by atoms with Gasteiger partial charge in [0.2, 0.25) is 5.91 Å². The summed E-state index contributed by atoms with van der Waals surface area (Å²) in [6, 6.07) is 3.92. The van der Waals surface area contributed by atoms with E-state index in [2.05, 4.69) is 20.7 Å². The van der Waals surface area contributed by atoms with Gasteiger partial charge >= 0.3 is 0 Å². The summed E-state index contributed by atoms with van der Waals surface area (Å²) in [5.41, 5.74) is 1.78. The maximum atomic E-state index is 13.7. The van der Waals surface area contributed by atoms with Crippen molar-refractivity contribution >= 4 is 28.6 Å². The SMILES string of the molecule is C[C@H]1CN(C(=O)[C@@H](NC(=O)c2ccc3nn[nH]c3c2)C2CCCCC2)[C@@H]2C(=O)CO[C@@H]21.